The van der Waals surface area contributed by atoms with Gasteiger partial charge in [-0.25, -0.2) is 0 Å². The largest absolute Gasteiger partial charge is 0.490 e. The van der Waals surface area contributed by atoms with Gasteiger partial charge >= 0.3 is 7.12 Å². The molecule has 1 fully saturated rings. The van der Waals surface area contributed by atoms with Gasteiger partial charge in [0.05, 0.1) is 18.0 Å². The molecule has 0 aromatic carbocycles. The van der Waals surface area contributed by atoms with Crippen molar-refractivity contribution in [2.75, 3.05) is 18.0 Å². The second-order valence-electron chi connectivity index (χ2n) is 7.59. The van der Waals surface area contributed by atoms with E-state index in [4.69, 9.17) is 4.43 Å². The average Bonchev–Trinajstić information content (AvgIpc) is 2.85. The van der Waals surface area contributed by atoms with Crippen LogP contribution in [0.3, 0.4) is 0 Å². The zero-order valence-electron chi connectivity index (χ0n) is 14.2. The van der Waals surface area contributed by atoms with Gasteiger partial charge in [0.1, 0.15) is 0 Å². The molecule has 2 heterocycles. The van der Waals surface area contributed by atoms with Crippen LogP contribution < -0.4 is 10.4 Å². The van der Waals surface area contributed by atoms with Crippen molar-refractivity contribution in [2.45, 2.75) is 51.4 Å². The monoisotopic (exact) mass is 322 g/mol. The van der Waals surface area contributed by atoms with E-state index in [2.05, 4.69) is 43.7 Å². The summed E-state index contributed by atoms with van der Waals surface area (Å²) in [5.41, 5.74) is 1.35. The Hall–Kier alpha value is -0.888. The first-order valence-corrected chi connectivity index (χ1v) is 10.7. The molecule has 122 valence electrons. The predicted octanol–water partition coefficient (Wildman–Crippen LogP) is 1.36. The van der Waals surface area contributed by atoms with Crippen LogP contribution in [0.2, 0.25) is 18.1 Å². The maximum absolute atomic E-state index is 9.26. The van der Waals surface area contributed by atoms with Crippen LogP contribution in [0.15, 0.2) is 18.5 Å². The maximum Gasteiger partial charge on any atom is 0.490 e. The number of hydrogen-bond acceptors (Lipinski definition) is 5. The fourth-order valence-corrected chi connectivity index (χ4v) is 3.79. The summed E-state index contributed by atoms with van der Waals surface area (Å²) < 4.78 is 6.47. The summed E-state index contributed by atoms with van der Waals surface area (Å²) in [6.07, 6.45) is 4.48. The molecule has 0 unspecified atom stereocenters. The Morgan fingerprint density at radius 3 is 2.59 bits per heavy atom. The minimum Gasteiger partial charge on any atom is -0.423 e. The molecule has 7 heteroatoms. The van der Waals surface area contributed by atoms with Gasteiger partial charge in [-0.2, -0.15) is 0 Å². The Morgan fingerprint density at radius 1 is 1.32 bits per heavy atom. The number of rotatable bonds is 4. The van der Waals surface area contributed by atoms with E-state index in [0.29, 0.717) is 5.46 Å². The molecule has 1 saturated heterocycles. The third kappa shape index (κ3) is 3.90. The maximum atomic E-state index is 9.26. The predicted molar refractivity (Wildman–Crippen MR) is 93.0 cm³/mol. The minimum absolute atomic E-state index is 0.211. The van der Waals surface area contributed by atoms with E-state index in [0.717, 1.165) is 25.2 Å². The molecule has 1 aliphatic rings. The summed E-state index contributed by atoms with van der Waals surface area (Å²) >= 11 is 0. The van der Waals surface area contributed by atoms with Crippen LogP contribution in [0, 0.1) is 0 Å². The minimum atomic E-state index is -1.75. The number of aromatic nitrogens is 1. The summed E-state index contributed by atoms with van der Waals surface area (Å²) in [5.74, 6) is 0. The number of hydrogen-bond donors (Lipinski definition) is 2. The quantitative estimate of drug-likeness (QED) is 0.820. The second-order valence-corrected chi connectivity index (χ2v) is 12.3. The van der Waals surface area contributed by atoms with Gasteiger partial charge in [-0.15, -0.1) is 0 Å². The Kier molecular flexibility index (Phi) is 5.01. The van der Waals surface area contributed by atoms with Crippen molar-refractivity contribution >= 4 is 26.6 Å². The van der Waals surface area contributed by atoms with E-state index in [1.165, 1.54) is 6.20 Å². The Balaban J connectivity index is 2.03. The lowest BCUT2D eigenvalue weighted by Crippen LogP contribution is -2.44. The van der Waals surface area contributed by atoms with Gasteiger partial charge in [0, 0.05) is 24.7 Å². The molecular weight excluding hydrogens is 295 g/mol. The summed E-state index contributed by atoms with van der Waals surface area (Å²) in [6, 6.07) is 1.78. The Bertz CT molecular complexity index is 520. The third-order valence-electron chi connectivity index (χ3n) is 4.82. The van der Waals surface area contributed by atoms with Crippen LogP contribution in [0.4, 0.5) is 5.69 Å². The first-order valence-electron chi connectivity index (χ1n) is 7.84. The zero-order valence-corrected chi connectivity index (χ0v) is 15.2. The van der Waals surface area contributed by atoms with Crippen LogP contribution in [0.25, 0.3) is 0 Å². The van der Waals surface area contributed by atoms with Crippen molar-refractivity contribution in [3.63, 3.8) is 0 Å². The molecule has 2 N–H and O–H groups in total. The van der Waals surface area contributed by atoms with Crippen molar-refractivity contribution in [3.05, 3.63) is 18.5 Å². The van der Waals surface area contributed by atoms with Crippen molar-refractivity contribution < 1.29 is 14.5 Å². The molecule has 0 amide bonds. The molecular formula is C15H27BN2O3Si. The number of anilines is 1. The molecule has 0 radical (unpaired) electrons. The average molecular weight is 322 g/mol. The van der Waals surface area contributed by atoms with E-state index in [9.17, 15) is 10.0 Å². The molecule has 0 saturated carbocycles. The topological polar surface area (TPSA) is 65.8 Å². The van der Waals surface area contributed by atoms with Crippen molar-refractivity contribution in [1.82, 2.24) is 4.98 Å². The van der Waals surface area contributed by atoms with Gasteiger partial charge in [0.25, 0.3) is 0 Å². The lowest BCUT2D eigenvalue weighted by Gasteiger charge is -2.38. The summed E-state index contributed by atoms with van der Waals surface area (Å²) in [4.78, 5) is 6.30. The van der Waals surface area contributed by atoms with Gasteiger partial charge in [0.2, 0.25) is 0 Å². The third-order valence-corrected chi connectivity index (χ3v) is 9.36. The highest BCUT2D eigenvalue weighted by molar-refractivity contribution is 6.74. The molecule has 1 aliphatic heterocycles. The molecule has 0 bridgehead atoms. The Morgan fingerprint density at radius 2 is 2.00 bits per heavy atom. The molecule has 2 rings (SSSR count). The summed E-state index contributed by atoms with van der Waals surface area (Å²) in [5, 5.41) is 18.7. The molecule has 1 aromatic heterocycles. The zero-order chi connectivity index (χ0) is 16.5. The van der Waals surface area contributed by atoms with Gasteiger partial charge in [-0.1, -0.05) is 20.8 Å². The van der Waals surface area contributed by atoms with Crippen LogP contribution in [0.5, 0.6) is 0 Å². The van der Waals surface area contributed by atoms with Gasteiger partial charge in [0.15, 0.2) is 8.32 Å². The van der Waals surface area contributed by atoms with Crippen LogP contribution in [-0.2, 0) is 4.43 Å². The lowest BCUT2D eigenvalue weighted by molar-refractivity contribution is 0.202. The fourth-order valence-electron chi connectivity index (χ4n) is 2.41. The summed E-state index contributed by atoms with van der Waals surface area (Å²) in [7, 11) is -3.23. The normalized spacial score (nSPS) is 19.6. The summed E-state index contributed by atoms with van der Waals surface area (Å²) in [6.45, 7) is 13.1. The first kappa shape index (κ1) is 17.5. The first-order chi connectivity index (χ1) is 10.1. The highest BCUT2D eigenvalue weighted by atomic mass is 28.4. The fraction of sp³-hybridized carbons (Fsp3) is 0.667. The molecule has 0 spiro atoms. The number of nitrogens with zero attached hydrogens (tertiary/aromatic N) is 2. The van der Waals surface area contributed by atoms with Crippen LogP contribution in [0.1, 0.15) is 27.2 Å². The lowest BCUT2D eigenvalue weighted by atomic mass is 9.81. The molecule has 22 heavy (non-hydrogen) atoms. The highest BCUT2D eigenvalue weighted by Crippen LogP contribution is 2.38. The molecule has 1 atom stereocenters. The highest BCUT2D eigenvalue weighted by Gasteiger charge is 2.40. The van der Waals surface area contributed by atoms with E-state index in [-0.39, 0.29) is 11.1 Å². The van der Waals surface area contributed by atoms with Gasteiger partial charge < -0.3 is 19.4 Å². The van der Waals surface area contributed by atoms with Gasteiger partial charge in [-0.3, -0.25) is 4.98 Å². The van der Waals surface area contributed by atoms with Crippen LogP contribution in [-0.4, -0.2) is 49.7 Å². The van der Waals surface area contributed by atoms with Crippen molar-refractivity contribution in [3.8, 4) is 0 Å². The van der Waals surface area contributed by atoms with E-state index < -0.39 is 15.4 Å². The molecule has 1 aromatic rings. The van der Waals surface area contributed by atoms with Crippen molar-refractivity contribution in [2.24, 2.45) is 0 Å². The van der Waals surface area contributed by atoms with Crippen LogP contribution >= 0.6 is 0 Å². The standard InChI is InChI=1S/C15H27BN2O3Si/c1-15(2,3)22(4,5)21-14-6-7-18(11-14)13-8-12(16(19)20)9-17-10-13/h8-10,14,19-20H,6-7,11H2,1-5H3/t14-/m0/s1. The number of pyridine rings is 1. The molecule has 5 nitrogen and oxygen atoms in total. The smallest absolute Gasteiger partial charge is 0.423 e. The van der Waals surface area contributed by atoms with E-state index in [1.807, 2.05) is 0 Å². The van der Waals surface area contributed by atoms with E-state index >= 15 is 0 Å². The van der Waals surface area contributed by atoms with Gasteiger partial charge in [-0.05, 0) is 30.6 Å². The van der Waals surface area contributed by atoms with Crippen molar-refractivity contribution in [1.29, 1.82) is 0 Å². The SMILES string of the molecule is CC(C)(C)[Si](C)(C)O[C@H]1CCN(c2cncc(B(O)O)c2)C1. The van der Waals surface area contributed by atoms with E-state index in [1.54, 1.807) is 12.3 Å². The second kappa shape index (κ2) is 6.31. The Labute approximate surface area is 134 Å². The molecule has 0 aliphatic carbocycles.